The number of aromatic nitrogens is 1. The summed E-state index contributed by atoms with van der Waals surface area (Å²) in [5, 5.41) is 42.3. The van der Waals surface area contributed by atoms with Gasteiger partial charge >= 0.3 is 0 Å². The highest BCUT2D eigenvalue weighted by Gasteiger charge is 2.38. The number of ether oxygens (including phenoxy) is 1. The van der Waals surface area contributed by atoms with Crippen LogP contribution in [-0.2, 0) is 4.74 Å². The van der Waals surface area contributed by atoms with Crippen LogP contribution >= 0.6 is 0 Å². The number of hydrogen-bond acceptors (Lipinski definition) is 7. The number of rotatable bonds is 3. The summed E-state index contributed by atoms with van der Waals surface area (Å²) >= 11 is 0. The first-order chi connectivity index (χ1) is 11.0. The largest absolute Gasteiger partial charge is 0.480 e. The Labute approximate surface area is 130 Å². The van der Waals surface area contributed by atoms with Gasteiger partial charge in [-0.3, -0.25) is 4.79 Å². The maximum Gasteiger partial charge on any atom is 0.300 e. The molecule has 1 aliphatic rings. The van der Waals surface area contributed by atoms with Gasteiger partial charge in [0.1, 0.15) is 17.9 Å². The number of hydrogen-bond donors (Lipinski definition) is 6. The molecule has 3 rings (SSSR count). The van der Waals surface area contributed by atoms with Gasteiger partial charge in [-0.2, -0.15) is 0 Å². The van der Waals surface area contributed by atoms with Gasteiger partial charge in [-0.15, -0.1) is 0 Å². The maximum atomic E-state index is 11.4. The molecule has 1 aromatic carbocycles. The van der Waals surface area contributed by atoms with Crippen LogP contribution in [0.15, 0.2) is 46.8 Å². The molecule has 3 atom stereocenters. The lowest BCUT2D eigenvalue weighted by Crippen LogP contribution is -2.47. The van der Waals surface area contributed by atoms with E-state index in [1.807, 2.05) is 0 Å². The Kier molecular flexibility index (Phi) is 3.95. The molecule has 23 heavy (non-hydrogen) atoms. The van der Waals surface area contributed by atoms with Crippen molar-refractivity contribution < 1.29 is 25.2 Å². The van der Waals surface area contributed by atoms with Crippen molar-refractivity contribution >= 4 is 16.6 Å². The molecule has 6 N–H and O–H groups in total. The number of fused-ring (bicyclic) bond motifs is 1. The molecule has 1 aliphatic heterocycles. The Bertz CT molecular complexity index is 815. The van der Waals surface area contributed by atoms with E-state index >= 15 is 0 Å². The monoisotopic (exact) mass is 320 g/mol. The van der Waals surface area contributed by atoms with Gasteiger partial charge in [0.15, 0.2) is 6.10 Å². The smallest absolute Gasteiger partial charge is 0.300 e. The number of benzene rings is 1. The fourth-order valence-electron chi connectivity index (χ4n) is 2.43. The number of aliphatic hydroxyl groups excluding tert-OH is 4. The Morgan fingerprint density at radius 1 is 1.22 bits per heavy atom. The molecule has 0 fully saturated rings. The first-order valence-electron chi connectivity index (χ1n) is 6.96. The number of anilines is 1. The van der Waals surface area contributed by atoms with Crippen molar-refractivity contribution in [3.05, 3.63) is 52.3 Å². The van der Waals surface area contributed by atoms with Crippen LogP contribution in [0.4, 0.5) is 5.69 Å². The molecule has 0 saturated carbocycles. The van der Waals surface area contributed by atoms with E-state index in [0.29, 0.717) is 11.2 Å². The van der Waals surface area contributed by atoms with E-state index in [0.717, 1.165) is 5.39 Å². The van der Waals surface area contributed by atoms with Crippen LogP contribution in [0.1, 0.15) is 0 Å². The van der Waals surface area contributed by atoms with Gasteiger partial charge in [0.05, 0.1) is 12.1 Å². The van der Waals surface area contributed by atoms with Crippen LogP contribution in [0.2, 0.25) is 0 Å². The van der Waals surface area contributed by atoms with E-state index in [2.05, 4.69) is 10.3 Å². The van der Waals surface area contributed by atoms with Crippen molar-refractivity contribution in [1.82, 2.24) is 4.98 Å². The normalized spacial score (nSPS) is 24.6. The fourth-order valence-corrected chi connectivity index (χ4v) is 2.43. The third kappa shape index (κ3) is 2.87. The number of aromatic amines is 1. The van der Waals surface area contributed by atoms with Gasteiger partial charge in [0, 0.05) is 11.8 Å². The van der Waals surface area contributed by atoms with Crippen molar-refractivity contribution in [3.63, 3.8) is 0 Å². The Balaban J connectivity index is 1.93. The van der Waals surface area contributed by atoms with E-state index in [-0.39, 0.29) is 11.3 Å². The van der Waals surface area contributed by atoms with E-state index in [1.54, 1.807) is 24.3 Å². The second-order valence-corrected chi connectivity index (χ2v) is 5.24. The summed E-state index contributed by atoms with van der Waals surface area (Å²) in [6, 6.07) is 8.12. The van der Waals surface area contributed by atoms with Crippen LogP contribution < -0.4 is 10.9 Å². The highest BCUT2D eigenvalue weighted by molar-refractivity contribution is 5.82. The predicted molar refractivity (Wildman–Crippen MR) is 81.8 cm³/mol. The predicted octanol–water partition coefficient (Wildman–Crippen LogP) is -0.220. The van der Waals surface area contributed by atoms with E-state index < -0.39 is 30.9 Å². The van der Waals surface area contributed by atoms with Crippen molar-refractivity contribution in [2.75, 3.05) is 11.9 Å². The quantitative estimate of drug-likeness (QED) is 0.460. The first-order valence-corrected chi connectivity index (χ1v) is 6.96. The number of nitrogens with one attached hydrogen (secondary N) is 2. The van der Waals surface area contributed by atoms with Crippen LogP contribution in [0, 0.1) is 0 Å². The average molecular weight is 320 g/mol. The van der Waals surface area contributed by atoms with E-state index in [4.69, 9.17) is 9.84 Å². The average Bonchev–Trinajstić information content (AvgIpc) is 2.54. The molecule has 0 saturated heterocycles. The third-order valence-corrected chi connectivity index (χ3v) is 3.68. The van der Waals surface area contributed by atoms with Crippen LogP contribution in [0.3, 0.4) is 0 Å². The highest BCUT2D eigenvalue weighted by atomic mass is 16.6. The number of pyridine rings is 1. The zero-order valence-electron chi connectivity index (χ0n) is 11.9. The minimum absolute atomic E-state index is 0.125. The van der Waals surface area contributed by atoms with Crippen LogP contribution in [0.5, 0.6) is 0 Å². The zero-order chi connectivity index (χ0) is 16.6. The van der Waals surface area contributed by atoms with Crippen molar-refractivity contribution in [1.29, 1.82) is 0 Å². The van der Waals surface area contributed by atoms with E-state index in [9.17, 15) is 20.1 Å². The van der Waals surface area contributed by atoms with Gasteiger partial charge in [0.2, 0.25) is 5.56 Å². The summed E-state index contributed by atoms with van der Waals surface area (Å²) < 4.78 is 4.96. The molecule has 0 radical (unpaired) electrons. The molecule has 0 aliphatic carbocycles. The van der Waals surface area contributed by atoms with Gasteiger partial charge in [0.25, 0.3) is 5.95 Å². The van der Waals surface area contributed by atoms with Crippen molar-refractivity contribution in [2.24, 2.45) is 0 Å². The second kappa shape index (κ2) is 5.92. The Morgan fingerprint density at radius 2 is 1.96 bits per heavy atom. The molecule has 2 unspecified atom stereocenters. The van der Waals surface area contributed by atoms with E-state index in [1.165, 1.54) is 6.07 Å². The van der Waals surface area contributed by atoms with Gasteiger partial charge in [-0.1, -0.05) is 6.07 Å². The van der Waals surface area contributed by atoms with Gasteiger partial charge in [-0.05, 0) is 23.6 Å². The molecule has 2 heterocycles. The van der Waals surface area contributed by atoms with Crippen LogP contribution in [0.25, 0.3) is 10.9 Å². The van der Waals surface area contributed by atoms with Crippen molar-refractivity contribution in [3.8, 4) is 0 Å². The maximum absolute atomic E-state index is 11.4. The summed E-state index contributed by atoms with van der Waals surface area (Å²) in [7, 11) is 0. The standard InChI is InChI=1S/C15H16N2O6/c18-6-10-13(20)14(21)12(15(22)23-10)16-8-3-1-7-2-4-11(19)17-9(7)5-8/h1-5,10,13-14,16,18,20-22H,6H2,(H,17,19)/t10?,13-,14?/m0/s1. The lowest BCUT2D eigenvalue weighted by molar-refractivity contribution is -0.122. The second-order valence-electron chi connectivity index (χ2n) is 5.24. The molecular weight excluding hydrogens is 304 g/mol. The summed E-state index contributed by atoms with van der Waals surface area (Å²) in [6.45, 7) is -0.549. The SMILES string of the molecule is O=c1ccc2ccc(NC3=C(O)OC(CO)[C@H](O)C3O)cc2[nH]1. The molecule has 0 spiro atoms. The molecule has 8 nitrogen and oxygen atoms in total. The van der Waals surface area contributed by atoms with Crippen LogP contribution in [-0.4, -0.2) is 50.3 Å². The molecule has 0 bridgehead atoms. The molecule has 1 aromatic heterocycles. The lowest BCUT2D eigenvalue weighted by Gasteiger charge is -2.32. The highest BCUT2D eigenvalue weighted by Crippen LogP contribution is 2.26. The Hall–Kier alpha value is -2.55. The molecule has 2 aromatic rings. The minimum Gasteiger partial charge on any atom is -0.480 e. The summed E-state index contributed by atoms with van der Waals surface area (Å²) in [6.07, 6.45) is -3.95. The number of aliphatic hydroxyl groups is 4. The lowest BCUT2D eigenvalue weighted by atomic mass is 10.0. The van der Waals surface area contributed by atoms with Gasteiger partial charge < -0.3 is 35.5 Å². The first kappa shape index (κ1) is 15.3. The van der Waals surface area contributed by atoms with Crippen molar-refractivity contribution in [2.45, 2.75) is 18.3 Å². The summed E-state index contributed by atoms with van der Waals surface area (Å²) in [5.41, 5.74) is 0.666. The zero-order valence-corrected chi connectivity index (χ0v) is 11.9. The summed E-state index contributed by atoms with van der Waals surface area (Å²) in [5.74, 6) is -0.608. The number of H-pyrrole nitrogens is 1. The third-order valence-electron chi connectivity index (χ3n) is 3.68. The molecule has 8 heteroatoms. The fraction of sp³-hybridized carbons (Fsp3) is 0.267. The van der Waals surface area contributed by atoms with Gasteiger partial charge in [-0.25, -0.2) is 0 Å². The molecule has 122 valence electrons. The topological polar surface area (TPSA) is 135 Å². The summed E-state index contributed by atoms with van der Waals surface area (Å²) in [4.78, 5) is 14.0. The molecular formula is C15H16N2O6. The minimum atomic E-state index is -1.45. The Morgan fingerprint density at radius 3 is 2.70 bits per heavy atom. The molecule has 0 amide bonds.